The fourth-order valence-corrected chi connectivity index (χ4v) is 3.98. The molecule has 21 heavy (non-hydrogen) atoms. The summed E-state index contributed by atoms with van der Waals surface area (Å²) in [5.74, 6) is 2.77. The van der Waals surface area contributed by atoms with Crippen LogP contribution in [0, 0.1) is 5.92 Å². The lowest BCUT2D eigenvalue weighted by Crippen LogP contribution is -2.34. The van der Waals surface area contributed by atoms with E-state index < -0.39 is 0 Å². The van der Waals surface area contributed by atoms with Crippen LogP contribution in [0.3, 0.4) is 0 Å². The number of hydrogen-bond donors (Lipinski definition) is 1. The summed E-state index contributed by atoms with van der Waals surface area (Å²) >= 11 is 1.68. The topological polar surface area (TPSA) is 41.1 Å². The van der Waals surface area contributed by atoms with E-state index in [0.717, 1.165) is 34.3 Å². The van der Waals surface area contributed by atoms with Crippen LogP contribution in [-0.4, -0.2) is 35.0 Å². The molecule has 0 atom stereocenters. The Bertz CT molecular complexity index is 601. The van der Waals surface area contributed by atoms with E-state index in [9.17, 15) is 0 Å². The fraction of sp³-hybridized carbons (Fsp3) is 0.625. The molecule has 0 bridgehead atoms. The van der Waals surface area contributed by atoms with Gasteiger partial charge in [-0.1, -0.05) is 6.92 Å². The van der Waals surface area contributed by atoms with Crippen molar-refractivity contribution in [2.24, 2.45) is 5.92 Å². The quantitative estimate of drug-likeness (QED) is 0.934. The maximum Gasteiger partial charge on any atom is 0.146 e. The molecular formula is C16H24N4S. The molecule has 0 radical (unpaired) electrons. The van der Waals surface area contributed by atoms with E-state index in [4.69, 9.17) is 4.98 Å². The van der Waals surface area contributed by atoms with Crippen molar-refractivity contribution in [2.75, 3.05) is 19.4 Å². The van der Waals surface area contributed by atoms with Gasteiger partial charge in [0.1, 0.15) is 16.5 Å². The monoisotopic (exact) mass is 304 g/mol. The molecule has 2 heterocycles. The summed E-state index contributed by atoms with van der Waals surface area (Å²) in [6.45, 7) is 3.20. The molecule has 5 heteroatoms. The van der Waals surface area contributed by atoms with Gasteiger partial charge in [-0.05, 0) is 50.1 Å². The average molecular weight is 304 g/mol. The molecule has 0 amide bonds. The highest BCUT2D eigenvalue weighted by atomic mass is 32.1. The first-order chi connectivity index (χ1) is 10.2. The van der Waals surface area contributed by atoms with Crippen LogP contribution in [0.25, 0.3) is 10.2 Å². The molecule has 1 saturated carbocycles. The van der Waals surface area contributed by atoms with Crippen LogP contribution in [0.2, 0.25) is 0 Å². The van der Waals surface area contributed by atoms with Gasteiger partial charge in [-0.3, -0.25) is 4.90 Å². The highest BCUT2D eigenvalue weighted by Crippen LogP contribution is 2.28. The zero-order valence-electron chi connectivity index (χ0n) is 13.1. The summed E-state index contributed by atoms with van der Waals surface area (Å²) in [6, 6.07) is 2.77. The first kappa shape index (κ1) is 14.7. The second-order valence-electron chi connectivity index (χ2n) is 6.21. The lowest BCUT2D eigenvalue weighted by molar-refractivity contribution is 0.161. The van der Waals surface area contributed by atoms with Gasteiger partial charge in [0.2, 0.25) is 0 Å². The molecule has 0 saturated heterocycles. The smallest absolute Gasteiger partial charge is 0.146 e. The molecule has 0 aliphatic heterocycles. The Kier molecular flexibility index (Phi) is 4.40. The first-order valence-electron chi connectivity index (χ1n) is 7.79. The van der Waals surface area contributed by atoms with Gasteiger partial charge in [-0.15, -0.1) is 11.3 Å². The lowest BCUT2D eigenvalue weighted by Gasteiger charge is -2.33. The first-order valence-corrected chi connectivity index (χ1v) is 8.67. The maximum atomic E-state index is 4.72. The van der Waals surface area contributed by atoms with Crippen molar-refractivity contribution in [2.45, 2.75) is 45.2 Å². The van der Waals surface area contributed by atoms with E-state index in [1.165, 1.54) is 25.7 Å². The molecule has 1 aliphatic rings. The van der Waals surface area contributed by atoms with Gasteiger partial charge >= 0.3 is 0 Å². The molecule has 3 rings (SSSR count). The molecule has 1 N–H and O–H groups in total. The van der Waals surface area contributed by atoms with E-state index in [1.54, 1.807) is 11.3 Å². The molecule has 0 unspecified atom stereocenters. The van der Waals surface area contributed by atoms with Crippen molar-refractivity contribution < 1.29 is 0 Å². The summed E-state index contributed by atoms with van der Waals surface area (Å²) in [4.78, 5) is 12.9. The van der Waals surface area contributed by atoms with Gasteiger partial charge in [0, 0.05) is 13.1 Å². The van der Waals surface area contributed by atoms with E-state index in [1.807, 2.05) is 7.05 Å². The minimum Gasteiger partial charge on any atom is -0.372 e. The number of nitrogens with zero attached hydrogens (tertiary/aromatic N) is 3. The molecule has 2 aromatic rings. The highest BCUT2D eigenvalue weighted by Gasteiger charge is 2.22. The summed E-state index contributed by atoms with van der Waals surface area (Å²) in [5.41, 5.74) is 0. The van der Waals surface area contributed by atoms with Gasteiger partial charge in [-0.2, -0.15) is 0 Å². The fourth-order valence-electron chi connectivity index (χ4n) is 3.20. The van der Waals surface area contributed by atoms with E-state index in [-0.39, 0.29) is 0 Å². The SMILES string of the molecule is CNc1nc(CN(C)C2CCC(C)CC2)nc2sccc12. The minimum absolute atomic E-state index is 0.682. The molecule has 0 spiro atoms. The average Bonchev–Trinajstić information content (AvgIpc) is 2.95. The van der Waals surface area contributed by atoms with Crippen molar-refractivity contribution in [3.8, 4) is 0 Å². The number of fused-ring (bicyclic) bond motifs is 1. The Balaban J connectivity index is 1.74. The maximum absolute atomic E-state index is 4.72. The highest BCUT2D eigenvalue weighted by molar-refractivity contribution is 7.16. The van der Waals surface area contributed by atoms with Gasteiger partial charge in [0.05, 0.1) is 11.9 Å². The predicted molar refractivity (Wildman–Crippen MR) is 89.8 cm³/mol. The number of hydrogen-bond acceptors (Lipinski definition) is 5. The Hall–Kier alpha value is -1.20. The molecule has 2 aromatic heterocycles. The molecule has 1 fully saturated rings. The second kappa shape index (κ2) is 6.28. The summed E-state index contributed by atoms with van der Waals surface area (Å²) in [5, 5.41) is 6.40. The molecule has 114 valence electrons. The third-order valence-electron chi connectivity index (χ3n) is 4.61. The molecule has 4 nitrogen and oxygen atoms in total. The molecular weight excluding hydrogens is 280 g/mol. The van der Waals surface area contributed by atoms with Crippen LogP contribution >= 0.6 is 11.3 Å². The third kappa shape index (κ3) is 3.19. The Morgan fingerprint density at radius 3 is 2.76 bits per heavy atom. The standard InChI is InChI=1S/C16H24N4S/c1-11-4-6-12(7-5-11)20(3)10-14-18-15(17-2)13-8-9-21-16(13)19-14/h8-9,11-12H,4-7,10H2,1-3H3,(H,17,18,19). The van der Waals surface area contributed by atoms with E-state index in [2.05, 4.69) is 40.6 Å². The zero-order chi connectivity index (χ0) is 14.8. The van der Waals surface area contributed by atoms with Crippen LogP contribution in [0.5, 0.6) is 0 Å². The van der Waals surface area contributed by atoms with E-state index in [0.29, 0.717) is 6.04 Å². The lowest BCUT2D eigenvalue weighted by atomic mass is 9.87. The number of aromatic nitrogens is 2. The van der Waals surface area contributed by atoms with E-state index >= 15 is 0 Å². The van der Waals surface area contributed by atoms with Crippen molar-refractivity contribution >= 4 is 27.4 Å². The van der Waals surface area contributed by atoms with Crippen LogP contribution in [-0.2, 0) is 6.54 Å². The van der Waals surface area contributed by atoms with Gasteiger partial charge in [0.15, 0.2) is 0 Å². The van der Waals surface area contributed by atoms with Gasteiger partial charge < -0.3 is 5.32 Å². The summed E-state index contributed by atoms with van der Waals surface area (Å²) in [6.07, 6.45) is 5.30. The van der Waals surface area contributed by atoms with Crippen LogP contribution in [0.15, 0.2) is 11.4 Å². The summed E-state index contributed by atoms with van der Waals surface area (Å²) in [7, 11) is 4.14. The number of anilines is 1. The van der Waals surface area contributed by atoms with Crippen LogP contribution in [0.4, 0.5) is 5.82 Å². The predicted octanol–water partition coefficient (Wildman–Crippen LogP) is 3.74. The minimum atomic E-state index is 0.682. The number of nitrogens with one attached hydrogen (secondary N) is 1. The van der Waals surface area contributed by atoms with Crippen molar-refractivity contribution in [3.05, 3.63) is 17.3 Å². The largest absolute Gasteiger partial charge is 0.372 e. The van der Waals surface area contributed by atoms with Crippen molar-refractivity contribution in [1.29, 1.82) is 0 Å². The summed E-state index contributed by atoms with van der Waals surface area (Å²) < 4.78 is 0. The number of thiophene rings is 1. The van der Waals surface area contributed by atoms with Gasteiger partial charge in [-0.25, -0.2) is 9.97 Å². The Morgan fingerprint density at radius 2 is 2.05 bits per heavy atom. The van der Waals surface area contributed by atoms with Crippen LogP contribution < -0.4 is 5.32 Å². The number of rotatable bonds is 4. The molecule has 0 aromatic carbocycles. The second-order valence-corrected chi connectivity index (χ2v) is 7.10. The normalized spacial score (nSPS) is 22.9. The Labute approximate surface area is 130 Å². The van der Waals surface area contributed by atoms with Crippen molar-refractivity contribution in [3.63, 3.8) is 0 Å². The molecule has 1 aliphatic carbocycles. The van der Waals surface area contributed by atoms with Crippen molar-refractivity contribution in [1.82, 2.24) is 14.9 Å². The third-order valence-corrected chi connectivity index (χ3v) is 5.41. The Morgan fingerprint density at radius 1 is 1.29 bits per heavy atom. The zero-order valence-corrected chi connectivity index (χ0v) is 13.9. The van der Waals surface area contributed by atoms with Gasteiger partial charge in [0.25, 0.3) is 0 Å². The van der Waals surface area contributed by atoms with Crippen LogP contribution in [0.1, 0.15) is 38.4 Å².